The third-order valence-electron chi connectivity index (χ3n) is 4.52. The van der Waals surface area contributed by atoms with Crippen molar-refractivity contribution in [3.05, 3.63) is 29.8 Å². The summed E-state index contributed by atoms with van der Waals surface area (Å²) in [6.07, 6.45) is 0.0907. The first-order valence-corrected chi connectivity index (χ1v) is 8.73. The van der Waals surface area contributed by atoms with E-state index in [9.17, 15) is 9.90 Å². The van der Waals surface area contributed by atoms with E-state index in [1.165, 1.54) is 6.42 Å². The Balaban J connectivity index is 1.88. The number of rotatable bonds is 6. The second-order valence-electron chi connectivity index (χ2n) is 7.25. The summed E-state index contributed by atoms with van der Waals surface area (Å²) in [5, 5.41) is 13.2. The molecule has 24 heavy (non-hydrogen) atoms. The SMILES string of the molecule is COc1cccc(C(O)C(=O)NC(C)CN2CC(C)CC(C)C2)c1. The molecule has 0 spiro atoms. The minimum Gasteiger partial charge on any atom is -0.497 e. The molecule has 1 heterocycles. The molecule has 1 aromatic carbocycles. The van der Waals surface area contributed by atoms with Crippen molar-refractivity contribution in [3.8, 4) is 5.75 Å². The number of carbonyl (C=O) groups excluding carboxylic acids is 1. The van der Waals surface area contributed by atoms with Gasteiger partial charge in [-0.25, -0.2) is 0 Å². The van der Waals surface area contributed by atoms with Crippen molar-refractivity contribution >= 4 is 5.91 Å². The van der Waals surface area contributed by atoms with E-state index in [1.807, 2.05) is 6.92 Å². The van der Waals surface area contributed by atoms with Gasteiger partial charge < -0.3 is 20.1 Å². The summed E-state index contributed by atoms with van der Waals surface area (Å²) in [7, 11) is 1.56. The second-order valence-corrected chi connectivity index (χ2v) is 7.25. The zero-order valence-electron chi connectivity index (χ0n) is 15.2. The van der Waals surface area contributed by atoms with E-state index in [-0.39, 0.29) is 11.9 Å². The number of nitrogens with one attached hydrogen (secondary N) is 1. The molecule has 2 rings (SSSR count). The van der Waals surface area contributed by atoms with Crippen LogP contribution in [0.5, 0.6) is 5.75 Å². The molecule has 0 saturated carbocycles. The average molecular weight is 334 g/mol. The predicted molar refractivity (Wildman–Crippen MR) is 94.9 cm³/mol. The highest BCUT2D eigenvalue weighted by Crippen LogP contribution is 2.21. The number of methoxy groups -OCH3 is 1. The Kier molecular flexibility index (Phi) is 6.63. The molecule has 4 unspecified atom stereocenters. The molecule has 1 aliphatic heterocycles. The molecule has 1 aromatic rings. The fourth-order valence-electron chi connectivity index (χ4n) is 3.66. The number of hydrogen-bond acceptors (Lipinski definition) is 4. The number of amides is 1. The van der Waals surface area contributed by atoms with E-state index in [1.54, 1.807) is 31.4 Å². The number of benzene rings is 1. The molecule has 0 aromatic heterocycles. The van der Waals surface area contributed by atoms with Gasteiger partial charge in [-0.1, -0.05) is 26.0 Å². The number of likely N-dealkylation sites (tertiary alicyclic amines) is 1. The lowest BCUT2D eigenvalue weighted by Gasteiger charge is -2.36. The lowest BCUT2D eigenvalue weighted by atomic mass is 9.92. The zero-order chi connectivity index (χ0) is 17.7. The summed E-state index contributed by atoms with van der Waals surface area (Å²) in [6.45, 7) is 9.49. The van der Waals surface area contributed by atoms with Crippen LogP contribution >= 0.6 is 0 Å². The number of carbonyl (C=O) groups is 1. The van der Waals surface area contributed by atoms with Gasteiger partial charge in [-0.05, 0) is 42.9 Å². The molecule has 0 bridgehead atoms. The highest BCUT2D eigenvalue weighted by Gasteiger charge is 2.25. The fourth-order valence-corrected chi connectivity index (χ4v) is 3.66. The van der Waals surface area contributed by atoms with Crippen molar-refractivity contribution in [1.29, 1.82) is 0 Å². The van der Waals surface area contributed by atoms with Crippen LogP contribution in [-0.2, 0) is 4.79 Å². The fraction of sp³-hybridized carbons (Fsp3) is 0.632. The highest BCUT2D eigenvalue weighted by molar-refractivity contribution is 5.82. The summed E-state index contributed by atoms with van der Waals surface area (Å²) < 4.78 is 5.14. The van der Waals surface area contributed by atoms with Crippen LogP contribution in [0.15, 0.2) is 24.3 Å². The molecule has 1 saturated heterocycles. The van der Waals surface area contributed by atoms with Crippen molar-refractivity contribution in [2.24, 2.45) is 11.8 Å². The Morgan fingerprint density at radius 1 is 1.38 bits per heavy atom. The van der Waals surface area contributed by atoms with E-state index in [4.69, 9.17) is 4.74 Å². The Hall–Kier alpha value is -1.59. The predicted octanol–water partition coefficient (Wildman–Crippen LogP) is 2.21. The number of ether oxygens (including phenoxy) is 1. The first-order valence-electron chi connectivity index (χ1n) is 8.73. The van der Waals surface area contributed by atoms with Gasteiger partial charge in [0.15, 0.2) is 6.10 Å². The summed E-state index contributed by atoms with van der Waals surface area (Å²) in [4.78, 5) is 14.7. The molecule has 1 aliphatic rings. The number of aliphatic hydroxyl groups excluding tert-OH is 1. The second kappa shape index (κ2) is 8.49. The minimum atomic E-state index is -1.18. The maximum Gasteiger partial charge on any atom is 0.253 e. The van der Waals surface area contributed by atoms with E-state index >= 15 is 0 Å². The molecule has 1 amide bonds. The van der Waals surface area contributed by atoms with Gasteiger partial charge >= 0.3 is 0 Å². The highest BCUT2D eigenvalue weighted by atomic mass is 16.5. The van der Waals surface area contributed by atoms with Crippen LogP contribution in [0.4, 0.5) is 0 Å². The normalized spacial score (nSPS) is 24.2. The topological polar surface area (TPSA) is 61.8 Å². The van der Waals surface area contributed by atoms with Crippen LogP contribution in [0, 0.1) is 11.8 Å². The van der Waals surface area contributed by atoms with Crippen LogP contribution in [0.2, 0.25) is 0 Å². The Labute approximate surface area is 145 Å². The van der Waals surface area contributed by atoms with Crippen LogP contribution in [0.1, 0.15) is 38.9 Å². The van der Waals surface area contributed by atoms with Crippen molar-refractivity contribution in [2.75, 3.05) is 26.7 Å². The van der Waals surface area contributed by atoms with Gasteiger partial charge in [-0.15, -0.1) is 0 Å². The van der Waals surface area contributed by atoms with E-state index < -0.39 is 6.10 Å². The van der Waals surface area contributed by atoms with Crippen LogP contribution in [-0.4, -0.2) is 48.7 Å². The van der Waals surface area contributed by atoms with E-state index in [2.05, 4.69) is 24.1 Å². The average Bonchev–Trinajstić information content (AvgIpc) is 2.52. The molecule has 5 heteroatoms. The number of nitrogens with zero attached hydrogens (tertiary/aromatic N) is 1. The molecule has 2 N–H and O–H groups in total. The lowest BCUT2D eigenvalue weighted by Crippen LogP contribution is -2.47. The van der Waals surface area contributed by atoms with Gasteiger partial charge in [0.1, 0.15) is 5.75 Å². The van der Waals surface area contributed by atoms with Crippen LogP contribution in [0.25, 0.3) is 0 Å². The molecule has 5 nitrogen and oxygen atoms in total. The van der Waals surface area contributed by atoms with Crippen molar-refractivity contribution in [1.82, 2.24) is 10.2 Å². The maximum absolute atomic E-state index is 12.3. The van der Waals surface area contributed by atoms with Crippen molar-refractivity contribution in [3.63, 3.8) is 0 Å². The summed E-state index contributed by atoms with van der Waals surface area (Å²) in [6, 6.07) is 6.96. The first kappa shape index (κ1) is 18.7. The minimum absolute atomic E-state index is 0.00439. The van der Waals surface area contributed by atoms with Gasteiger partial charge in [0.05, 0.1) is 7.11 Å². The number of hydrogen-bond donors (Lipinski definition) is 2. The van der Waals surface area contributed by atoms with Gasteiger partial charge in [0.25, 0.3) is 5.91 Å². The standard InChI is InChI=1S/C19H30N2O3/c1-13-8-14(2)11-21(10-13)12-15(3)20-19(23)18(22)16-6-5-7-17(9-16)24-4/h5-7,9,13-15,18,22H,8,10-12H2,1-4H3,(H,20,23). The molecule has 4 atom stereocenters. The van der Waals surface area contributed by atoms with Gasteiger partial charge in [0.2, 0.25) is 0 Å². The molecule has 1 fully saturated rings. The molecular formula is C19H30N2O3. The molecule has 134 valence electrons. The monoisotopic (exact) mass is 334 g/mol. The molecular weight excluding hydrogens is 304 g/mol. The van der Waals surface area contributed by atoms with E-state index in [0.717, 1.165) is 19.6 Å². The van der Waals surface area contributed by atoms with Crippen molar-refractivity contribution in [2.45, 2.75) is 39.3 Å². The molecule has 0 aliphatic carbocycles. The third kappa shape index (κ3) is 5.21. The quantitative estimate of drug-likeness (QED) is 0.837. The Morgan fingerprint density at radius 2 is 2.04 bits per heavy atom. The Morgan fingerprint density at radius 3 is 2.67 bits per heavy atom. The smallest absolute Gasteiger partial charge is 0.253 e. The Bertz CT molecular complexity index is 539. The van der Waals surface area contributed by atoms with Gasteiger partial charge in [-0.3, -0.25) is 4.79 Å². The van der Waals surface area contributed by atoms with Gasteiger partial charge in [-0.2, -0.15) is 0 Å². The number of aliphatic hydroxyl groups is 1. The first-order chi connectivity index (χ1) is 11.4. The van der Waals surface area contributed by atoms with Gasteiger partial charge in [0, 0.05) is 25.7 Å². The summed E-state index contributed by atoms with van der Waals surface area (Å²) in [5.74, 6) is 1.65. The summed E-state index contributed by atoms with van der Waals surface area (Å²) >= 11 is 0. The van der Waals surface area contributed by atoms with Crippen molar-refractivity contribution < 1.29 is 14.6 Å². The van der Waals surface area contributed by atoms with Crippen LogP contribution < -0.4 is 10.1 Å². The largest absolute Gasteiger partial charge is 0.497 e. The summed E-state index contributed by atoms with van der Waals surface area (Å²) in [5.41, 5.74) is 0.541. The third-order valence-corrected chi connectivity index (χ3v) is 4.52. The van der Waals surface area contributed by atoms with Crippen LogP contribution in [0.3, 0.4) is 0 Å². The maximum atomic E-state index is 12.3. The van der Waals surface area contributed by atoms with E-state index in [0.29, 0.717) is 23.1 Å². The zero-order valence-corrected chi connectivity index (χ0v) is 15.2. The molecule has 0 radical (unpaired) electrons. The lowest BCUT2D eigenvalue weighted by molar-refractivity contribution is -0.130. The number of piperidine rings is 1.